The highest BCUT2D eigenvalue weighted by atomic mass is 16.3. The van der Waals surface area contributed by atoms with Crippen molar-refractivity contribution < 1.29 is 15.0 Å². The first-order valence-electron chi connectivity index (χ1n) is 6.84. The zero-order chi connectivity index (χ0) is 15.2. The number of rotatable bonds is 6. The molecule has 0 aliphatic heterocycles. The summed E-state index contributed by atoms with van der Waals surface area (Å²) >= 11 is 0. The summed E-state index contributed by atoms with van der Waals surface area (Å²) in [5.41, 5.74) is 6.77. The van der Waals surface area contributed by atoms with E-state index in [1.165, 1.54) is 0 Å². The molecule has 0 spiro atoms. The summed E-state index contributed by atoms with van der Waals surface area (Å²) in [6.07, 6.45) is -2.44. The van der Waals surface area contributed by atoms with Crippen LogP contribution in [0.4, 0.5) is 0 Å². The molecule has 21 heavy (non-hydrogen) atoms. The van der Waals surface area contributed by atoms with E-state index in [0.717, 1.165) is 5.56 Å². The normalized spacial score (nSPS) is 15.2. The van der Waals surface area contributed by atoms with Crippen molar-refractivity contribution in [1.82, 2.24) is 0 Å². The SMILES string of the molecule is NC(O)C(O)C(Cc1ccccc1)C(=O)c1ccccc1. The van der Waals surface area contributed by atoms with Crippen LogP contribution < -0.4 is 5.73 Å². The smallest absolute Gasteiger partial charge is 0.169 e. The minimum atomic E-state index is -1.45. The van der Waals surface area contributed by atoms with E-state index in [0.29, 0.717) is 12.0 Å². The summed E-state index contributed by atoms with van der Waals surface area (Å²) in [5, 5.41) is 19.5. The Kier molecular flexibility index (Phi) is 5.22. The number of benzene rings is 2. The van der Waals surface area contributed by atoms with E-state index in [1.807, 2.05) is 36.4 Å². The maximum Gasteiger partial charge on any atom is 0.169 e. The van der Waals surface area contributed by atoms with Gasteiger partial charge in [0.05, 0.1) is 5.92 Å². The van der Waals surface area contributed by atoms with Crippen LogP contribution in [0.25, 0.3) is 0 Å². The summed E-state index contributed by atoms with van der Waals surface area (Å²) in [6.45, 7) is 0. The average Bonchev–Trinajstić information content (AvgIpc) is 2.53. The second-order valence-corrected chi connectivity index (χ2v) is 5.01. The lowest BCUT2D eigenvalue weighted by molar-refractivity contribution is -0.00857. The van der Waals surface area contributed by atoms with Gasteiger partial charge >= 0.3 is 0 Å². The number of hydrogen-bond acceptors (Lipinski definition) is 4. The fourth-order valence-corrected chi connectivity index (χ4v) is 2.29. The van der Waals surface area contributed by atoms with Gasteiger partial charge in [0.25, 0.3) is 0 Å². The minimum Gasteiger partial charge on any atom is -0.388 e. The van der Waals surface area contributed by atoms with Crippen molar-refractivity contribution in [3.8, 4) is 0 Å². The fourth-order valence-electron chi connectivity index (χ4n) is 2.29. The van der Waals surface area contributed by atoms with Crippen molar-refractivity contribution in [2.45, 2.75) is 18.8 Å². The molecular formula is C17H19NO3. The van der Waals surface area contributed by atoms with Crippen molar-refractivity contribution >= 4 is 5.78 Å². The van der Waals surface area contributed by atoms with Gasteiger partial charge in [0.15, 0.2) is 5.78 Å². The standard InChI is InChI=1S/C17H19NO3/c18-17(21)16(20)14(11-12-7-3-1-4-8-12)15(19)13-9-5-2-6-10-13/h1-10,14,16-17,20-21H,11,18H2. The van der Waals surface area contributed by atoms with E-state index in [2.05, 4.69) is 0 Å². The van der Waals surface area contributed by atoms with Crippen molar-refractivity contribution in [2.75, 3.05) is 0 Å². The number of carbonyl (C=O) groups excluding carboxylic acids is 1. The molecule has 4 nitrogen and oxygen atoms in total. The maximum atomic E-state index is 12.6. The molecule has 2 aromatic rings. The van der Waals surface area contributed by atoms with Gasteiger partial charge in [-0.3, -0.25) is 4.79 Å². The van der Waals surface area contributed by atoms with Crippen LogP contribution in [0, 0.1) is 5.92 Å². The predicted octanol–water partition coefficient (Wildman–Crippen LogP) is 1.37. The molecule has 0 aliphatic rings. The van der Waals surface area contributed by atoms with Crippen molar-refractivity contribution in [3.63, 3.8) is 0 Å². The molecule has 0 saturated carbocycles. The van der Waals surface area contributed by atoms with Crippen LogP contribution in [0.3, 0.4) is 0 Å². The Hall–Kier alpha value is -2.01. The monoisotopic (exact) mass is 285 g/mol. The number of aliphatic hydroxyl groups is 2. The van der Waals surface area contributed by atoms with Crippen LogP contribution in [0.1, 0.15) is 15.9 Å². The van der Waals surface area contributed by atoms with Gasteiger partial charge in [-0.05, 0) is 12.0 Å². The first kappa shape index (κ1) is 15.4. The lowest BCUT2D eigenvalue weighted by Gasteiger charge is -2.24. The number of Topliss-reactive ketones (excluding diaryl/α,β-unsaturated/α-hetero) is 1. The van der Waals surface area contributed by atoms with E-state index >= 15 is 0 Å². The van der Waals surface area contributed by atoms with Crippen molar-refractivity contribution in [1.29, 1.82) is 0 Å². The zero-order valence-electron chi connectivity index (χ0n) is 11.6. The third-order valence-corrected chi connectivity index (χ3v) is 3.46. The molecule has 0 saturated heterocycles. The number of ketones is 1. The Morgan fingerprint density at radius 3 is 2.00 bits per heavy atom. The Morgan fingerprint density at radius 2 is 1.48 bits per heavy atom. The topological polar surface area (TPSA) is 83.6 Å². The molecule has 4 N–H and O–H groups in total. The quantitative estimate of drug-likeness (QED) is 0.553. The summed E-state index contributed by atoms with van der Waals surface area (Å²) in [6, 6.07) is 18.1. The molecule has 0 fully saturated rings. The minimum absolute atomic E-state index is 0.226. The lowest BCUT2D eigenvalue weighted by Crippen LogP contribution is -2.43. The molecule has 0 heterocycles. The molecule has 0 bridgehead atoms. The summed E-state index contributed by atoms with van der Waals surface area (Å²) < 4.78 is 0. The number of nitrogens with two attached hydrogens (primary N) is 1. The Labute approximate surface area is 123 Å². The van der Waals surface area contributed by atoms with Crippen LogP contribution in [-0.2, 0) is 6.42 Å². The summed E-state index contributed by atoms with van der Waals surface area (Å²) in [5.74, 6) is -1.01. The second kappa shape index (κ2) is 7.13. The van der Waals surface area contributed by atoms with Gasteiger partial charge in [0, 0.05) is 5.56 Å². The van der Waals surface area contributed by atoms with Gasteiger partial charge in [-0.1, -0.05) is 60.7 Å². The first-order chi connectivity index (χ1) is 10.1. The molecule has 2 aromatic carbocycles. The number of hydrogen-bond donors (Lipinski definition) is 3. The molecule has 0 radical (unpaired) electrons. The highest BCUT2D eigenvalue weighted by Crippen LogP contribution is 2.19. The van der Waals surface area contributed by atoms with Gasteiger partial charge in [0.2, 0.25) is 0 Å². The highest BCUT2D eigenvalue weighted by Gasteiger charge is 2.31. The van der Waals surface area contributed by atoms with Gasteiger partial charge < -0.3 is 15.9 Å². The summed E-state index contributed by atoms with van der Waals surface area (Å²) in [7, 11) is 0. The Balaban J connectivity index is 2.26. The molecule has 110 valence electrons. The molecule has 0 amide bonds. The number of aliphatic hydroxyl groups excluding tert-OH is 2. The van der Waals surface area contributed by atoms with Gasteiger partial charge in [-0.2, -0.15) is 0 Å². The van der Waals surface area contributed by atoms with Crippen LogP contribution in [0.15, 0.2) is 60.7 Å². The van der Waals surface area contributed by atoms with Crippen molar-refractivity contribution in [3.05, 3.63) is 71.8 Å². The molecule has 0 aliphatic carbocycles. The average molecular weight is 285 g/mol. The maximum absolute atomic E-state index is 12.6. The Bertz CT molecular complexity index is 569. The second-order valence-electron chi connectivity index (χ2n) is 5.01. The van der Waals surface area contributed by atoms with E-state index in [1.54, 1.807) is 24.3 Å². The first-order valence-corrected chi connectivity index (χ1v) is 6.84. The highest BCUT2D eigenvalue weighted by molar-refractivity contribution is 5.98. The van der Waals surface area contributed by atoms with Gasteiger partial charge in [-0.15, -0.1) is 0 Å². The van der Waals surface area contributed by atoms with Crippen LogP contribution in [0.5, 0.6) is 0 Å². The molecule has 3 unspecified atom stereocenters. The fraction of sp³-hybridized carbons (Fsp3) is 0.235. The lowest BCUT2D eigenvalue weighted by atomic mass is 9.86. The van der Waals surface area contributed by atoms with E-state index in [9.17, 15) is 15.0 Å². The molecular weight excluding hydrogens is 266 g/mol. The molecule has 4 heteroatoms. The Morgan fingerprint density at radius 1 is 0.952 bits per heavy atom. The molecule has 0 aromatic heterocycles. The number of carbonyl (C=O) groups is 1. The zero-order valence-corrected chi connectivity index (χ0v) is 11.6. The van der Waals surface area contributed by atoms with Crippen LogP contribution in [0.2, 0.25) is 0 Å². The summed E-state index contributed by atoms with van der Waals surface area (Å²) in [4.78, 5) is 12.6. The third kappa shape index (κ3) is 3.98. The van der Waals surface area contributed by atoms with Crippen LogP contribution in [-0.4, -0.2) is 28.3 Å². The molecule has 3 atom stereocenters. The van der Waals surface area contributed by atoms with E-state index in [4.69, 9.17) is 5.73 Å². The van der Waals surface area contributed by atoms with Gasteiger partial charge in [-0.25, -0.2) is 0 Å². The third-order valence-electron chi connectivity index (χ3n) is 3.46. The van der Waals surface area contributed by atoms with Crippen LogP contribution >= 0.6 is 0 Å². The molecule has 2 rings (SSSR count). The van der Waals surface area contributed by atoms with E-state index in [-0.39, 0.29) is 5.78 Å². The van der Waals surface area contributed by atoms with Gasteiger partial charge in [0.1, 0.15) is 12.3 Å². The largest absolute Gasteiger partial charge is 0.388 e. The van der Waals surface area contributed by atoms with E-state index < -0.39 is 18.2 Å². The predicted molar refractivity (Wildman–Crippen MR) is 80.6 cm³/mol. The van der Waals surface area contributed by atoms with Crippen molar-refractivity contribution in [2.24, 2.45) is 11.7 Å².